The Morgan fingerprint density at radius 3 is 2.86 bits per heavy atom. The number of nitrogens with two attached hydrogens (primary N) is 1. The van der Waals surface area contributed by atoms with Crippen LogP contribution in [0.5, 0.6) is 0 Å². The van der Waals surface area contributed by atoms with Crippen LogP contribution in [-0.4, -0.2) is 9.96 Å². The van der Waals surface area contributed by atoms with Crippen LogP contribution in [-0.2, 0) is 11.0 Å². The Morgan fingerprint density at radius 2 is 2.29 bits per heavy atom. The molecule has 1 unspecified atom stereocenters. The molecule has 0 radical (unpaired) electrons. The number of anilines is 2. The fourth-order valence-corrected chi connectivity index (χ4v) is 2.20. The molecule has 0 saturated carbocycles. The van der Waals surface area contributed by atoms with Gasteiger partial charge in [-0.1, -0.05) is 6.92 Å². The molecule has 78 valence electrons. The van der Waals surface area contributed by atoms with Crippen LogP contribution in [0.2, 0.25) is 0 Å². The first-order valence-corrected chi connectivity index (χ1v) is 6.44. The van der Waals surface area contributed by atoms with Gasteiger partial charge < -0.3 is 10.5 Å². The van der Waals surface area contributed by atoms with Gasteiger partial charge in [0.05, 0.1) is 0 Å². The van der Waals surface area contributed by atoms with Gasteiger partial charge >= 0.3 is 0 Å². The van der Waals surface area contributed by atoms with E-state index in [9.17, 15) is 4.21 Å². The Kier molecular flexibility index (Phi) is 4.41. The summed E-state index contributed by atoms with van der Waals surface area (Å²) in [6.45, 7) is 2.00. The molecule has 0 bridgehead atoms. The minimum atomic E-state index is -0.998. The van der Waals surface area contributed by atoms with Gasteiger partial charge in [-0.3, -0.25) is 0 Å². The summed E-state index contributed by atoms with van der Waals surface area (Å²) < 4.78 is 15.1. The molecule has 3 nitrogen and oxygen atoms in total. The molecule has 0 aromatic heterocycles. The fourth-order valence-electron chi connectivity index (χ4n) is 0.958. The van der Waals surface area contributed by atoms with E-state index in [4.69, 9.17) is 5.73 Å². The van der Waals surface area contributed by atoms with E-state index in [0.29, 0.717) is 11.4 Å². The van der Waals surface area contributed by atoms with Gasteiger partial charge in [0.25, 0.3) is 0 Å². The van der Waals surface area contributed by atoms with Gasteiger partial charge in [0.1, 0.15) is 11.0 Å². The van der Waals surface area contributed by atoms with Crippen molar-refractivity contribution in [3.63, 3.8) is 0 Å². The number of hydrogen-bond donors (Lipinski definition) is 2. The molecule has 0 aliphatic rings. The summed E-state index contributed by atoms with van der Waals surface area (Å²) in [4.78, 5) is 0. The van der Waals surface area contributed by atoms with Gasteiger partial charge in [0, 0.05) is 21.6 Å². The average Bonchev–Trinajstić information content (AvgIpc) is 2.12. The first kappa shape index (κ1) is 11.5. The Balaban J connectivity index is 2.68. The number of nitrogen functional groups attached to an aromatic ring is 1. The molecule has 1 aromatic rings. The van der Waals surface area contributed by atoms with Crippen molar-refractivity contribution in [3.05, 3.63) is 22.7 Å². The van der Waals surface area contributed by atoms with E-state index >= 15 is 0 Å². The lowest BCUT2D eigenvalue weighted by Gasteiger charge is -2.06. The number of benzene rings is 1. The lowest BCUT2D eigenvalue weighted by atomic mass is 10.3. The Labute approximate surface area is 94.8 Å². The molecule has 14 heavy (non-hydrogen) atoms. The number of hydrogen-bond acceptors (Lipinski definition) is 2. The lowest BCUT2D eigenvalue weighted by molar-refractivity contribution is 0.685. The molecule has 0 fully saturated rings. The van der Waals surface area contributed by atoms with Gasteiger partial charge in [-0.25, -0.2) is 4.21 Å². The Morgan fingerprint density at radius 1 is 1.57 bits per heavy atom. The smallest absolute Gasteiger partial charge is 0.117 e. The van der Waals surface area contributed by atoms with E-state index in [1.54, 1.807) is 6.07 Å². The van der Waals surface area contributed by atoms with Crippen molar-refractivity contribution in [1.82, 2.24) is 0 Å². The van der Waals surface area contributed by atoms with Gasteiger partial charge in [0.15, 0.2) is 0 Å². The zero-order valence-electron chi connectivity index (χ0n) is 7.92. The second-order valence-electron chi connectivity index (χ2n) is 2.89. The van der Waals surface area contributed by atoms with E-state index in [-0.39, 0.29) is 0 Å². The monoisotopic (exact) mass is 276 g/mol. The minimum absolute atomic E-state index is 0.655. The molecule has 1 atom stereocenters. The Bertz CT molecular complexity index is 344. The zero-order chi connectivity index (χ0) is 10.6. The summed E-state index contributed by atoms with van der Waals surface area (Å²) >= 11 is 3.31. The van der Waals surface area contributed by atoms with Crippen LogP contribution in [0.15, 0.2) is 22.7 Å². The highest BCUT2D eigenvalue weighted by atomic mass is 79.9. The summed E-state index contributed by atoms with van der Waals surface area (Å²) in [5.74, 6) is 0.655. The quantitative estimate of drug-likeness (QED) is 0.831. The molecule has 5 heteroatoms. The molecular weight excluding hydrogens is 264 g/mol. The van der Waals surface area contributed by atoms with Crippen LogP contribution in [0.3, 0.4) is 0 Å². The van der Waals surface area contributed by atoms with Gasteiger partial charge in [-0.05, 0) is 40.5 Å². The highest BCUT2D eigenvalue weighted by Gasteiger charge is 2.00. The van der Waals surface area contributed by atoms with E-state index in [2.05, 4.69) is 20.7 Å². The third kappa shape index (κ3) is 3.31. The molecule has 0 aliphatic heterocycles. The summed E-state index contributed by atoms with van der Waals surface area (Å²) in [6, 6.07) is 5.41. The molecule has 0 aliphatic carbocycles. The van der Waals surface area contributed by atoms with E-state index in [1.165, 1.54) is 0 Å². The van der Waals surface area contributed by atoms with E-state index in [1.807, 2.05) is 19.1 Å². The summed E-state index contributed by atoms with van der Waals surface area (Å²) in [5.41, 5.74) is 7.12. The maximum Gasteiger partial charge on any atom is 0.117 e. The molecule has 1 aromatic carbocycles. The van der Waals surface area contributed by atoms with Gasteiger partial charge in [-0.2, -0.15) is 0 Å². The minimum Gasteiger partial charge on any atom is -0.398 e. The van der Waals surface area contributed by atoms with Crippen LogP contribution in [0.25, 0.3) is 0 Å². The van der Waals surface area contributed by atoms with Crippen LogP contribution in [0.4, 0.5) is 11.4 Å². The summed E-state index contributed by atoms with van der Waals surface area (Å²) in [5, 5.41) is 0. The van der Waals surface area contributed by atoms with E-state index < -0.39 is 11.0 Å². The predicted molar refractivity (Wildman–Crippen MR) is 65.5 cm³/mol. The SMILES string of the molecule is CCCS(=O)Nc1ccc(N)c(Br)c1. The fraction of sp³-hybridized carbons (Fsp3) is 0.333. The van der Waals surface area contributed by atoms with Gasteiger partial charge in [0.2, 0.25) is 0 Å². The number of rotatable bonds is 4. The van der Waals surface area contributed by atoms with Crippen LogP contribution in [0.1, 0.15) is 13.3 Å². The standard InChI is InChI=1S/C9H13BrN2OS/c1-2-5-14(13)12-7-3-4-9(11)8(10)6-7/h3-4,6,12H,2,5,11H2,1H3. The molecule has 0 spiro atoms. The second-order valence-corrected chi connectivity index (χ2v) is 5.05. The molecular formula is C9H13BrN2OS. The van der Waals surface area contributed by atoms with Crippen LogP contribution in [0, 0.1) is 0 Å². The van der Waals surface area contributed by atoms with Crippen molar-refractivity contribution in [3.8, 4) is 0 Å². The third-order valence-corrected chi connectivity index (χ3v) is 3.55. The van der Waals surface area contributed by atoms with Gasteiger partial charge in [-0.15, -0.1) is 0 Å². The first-order valence-electron chi connectivity index (χ1n) is 4.33. The van der Waals surface area contributed by atoms with Crippen molar-refractivity contribution in [2.45, 2.75) is 13.3 Å². The van der Waals surface area contributed by atoms with Crippen molar-refractivity contribution >= 4 is 38.3 Å². The van der Waals surface area contributed by atoms with E-state index in [0.717, 1.165) is 16.6 Å². The molecule has 1 rings (SSSR count). The van der Waals surface area contributed by atoms with Crippen LogP contribution >= 0.6 is 15.9 Å². The highest BCUT2D eigenvalue weighted by Crippen LogP contribution is 2.23. The largest absolute Gasteiger partial charge is 0.398 e. The van der Waals surface area contributed by atoms with Crippen molar-refractivity contribution in [1.29, 1.82) is 0 Å². The first-order chi connectivity index (χ1) is 6.63. The molecule has 0 heterocycles. The van der Waals surface area contributed by atoms with Crippen LogP contribution < -0.4 is 10.5 Å². The summed E-state index contributed by atoms with van der Waals surface area (Å²) in [6.07, 6.45) is 0.899. The van der Waals surface area contributed by atoms with Crippen molar-refractivity contribution in [2.24, 2.45) is 0 Å². The topological polar surface area (TPSA) is 55.1 Å². The summed E-state index contributed by atoms with van der Waals surface area (Å²) in [7, 11) is -0.998. The molecule has 0 saturated heterocycles. The maximum atomic E-state index is 11.4. The van der Waals surface area contributed by atoms with Crippen molar-refractivity contribution < 1.29 is 4.21 Å². The number of nitrogens with one attached hydrogen (secondary N) is 1. The normalized spacial score (nSPS) is 12.4. The third-order valence-electron chi connectivity index (χ3n) is 1.62. The lowest BCUT2D eigenvalue weighted by Crippen LogP contribution is -2.07. The average molecular weight is 277 g/mol. The maximum absolute atomic E-state index is 11.4. The Hall–Kier alpha value is -0.550. The predicted octanol–water partition coefficient (Wildman–Crippen LogP) is 2.52. The zero-order valence-corrected chi connectivity index (χ0v) is 10.3. The molecule has 3 N–H and O–H groups in total. The highest BCUT2D eigenvalue weighted by molar-refractivity contribution is 9.10. The molecule has 0 amide bonds. The second kappa shape index (κ2) is 5.36. The number of halogens is 1. The van der Waals surface area contributed by atoms with Crippen molar-refractivity contribution in [2.75, 3.05) is 16.2 Å².